The summed E-state index contributed by atoms with van der Waals surface area (Å²) >= 11 is 1.71. The van der Waals surface area contributed by atoms with Crippen molar-refractivity contribution >= 4 is 17.3 Å². The van der Waals surface area contributed by atoms with Crippen LogP contribution in [0.5, 0.6) is 0 Å². The van der Waals surface area contributed by atoms with Crippen LogP contribution in [0.3, 0.4) is 0 Å². The summed E-state index contributed by atoms with van der Waals surface area (Å²) in [6.07, 6.45) is 8.52. The van der Waals surface area contributed by atoms with Crippen molar-refractivity contribution in [3.05, 3.63) is 16.1 Å². The van der Waals surface area contributed by atoms with Crippen LogP contribution in [-0.4, -0.2) is 12.6 Å². The van der Waals surface area contributed by atoms with E-state index < -0.39 is 0 Å². The van der Waals surface area contributed by atoms with Gasteiger partial charge in [-0.2, -0.15) is 0 Å². The van der Waals surface area contributed by atoms with Gasteiger partial charge in [0.05, 0.1) is 11.5 Å². The third-order valence-corrected chi connectivity index (χ3v) is 7.34. The van der Waals surface area contributed by atoms with Gasteiger partial charge in [-0.1, -0.05) is 11.3 Å². The Kier molecular flexibility index (Phi) is 3.97. The Hall–Kier alpha value is -0.900. The normalized spacial score (nSPS) is 35.8. The Labute approximate surface area is 136 Å². The van der Waals surface area contributed by atoms with Crippen LogP contribution in [0.15, 0.2) is 5.51 Å². The van der Waals surface area contributed by atoms with Gasteiger partial charge in [-0.25, -0.2) is 4.98 Å². The summed E-state index contributed by atoms with van der Waals surface area (Å²) in [6.45, 7) is 2.60. The molecule has 1 aromatic heterocycles. The fraction of sp³-hybridized carbons (Fsp3) is 0.778. The number of H-pyrrole nitrogens is 1. The molecule has 0 saturated heterocycles. The number of thiazole rings is 1. The van der Waals surface area contributed by atoms with Gasteiger partial charge >= 0.3 is 5.97 Å². The molecule has 0 unspecified atom stereocenters. The number of hydrogen-bond donors (Lipinski definition) is 0. The van der Waals surface area contributed by atoms with E-state index in [4.69, 9.17) is 4.74 Å². The van der Waals surface area contributed by atoms with Gasteiger partial charge in [0.2, 0.25) is 5.51 Å². The van der Waals surface area contributed by atoms with Crippen molar-refractivity contribution in [3.63, 3.8) is 0 Å². The van der Waals surface area contributed by atoms with E-state index in [1.54, 1.807) is 11.3 Å². The average molecular weight is 320 g/mol. The highest BCUT2D eigenvalue weighted by atomic mass is 32.1. The molecule has 4 heteroatoms. The Morgan fingerprint density at radius 1 is 1.23 bits per heavy atom. The van der Waals surface area contributed by atoms with Crippen molar-refractivity contribution in [2.75, 3.05) is 6.61 Å². The molecule has 5 rings (SSSR count). The van der Waals surface area contributed by atoms with Crippen LogP contribution in [0.1, 0.15) is 49.1 Å². The summed E-state index contributed by atoms with van der Waals surface area (Å²) < 4.78 is 5.53. The minimum absolute atomic E-state index is 0.0377. The second-order valence-corrected chi connectivity index (χ2v) is 8.66. The summed E-state index contributed by atoms with van der Waals surface area (Å²) in [5.41, 5.74) is 3.18. The number of aromatic nitrogens is 1. The van der Waals surface area contributed by atoms with Crippen molar-refractivity contribution < 1.29 is 14.5 Å². The van der Waals surface area contributed by atoms with Crippen LogP contribution < -0.4 is 4.98 Å². The smallest absolute Gasteiger partial charge is 0.306 e. The molecule has 1 heterocycles. The number of carbonyl (C=O) groups excluding carboxylic acids is 1. The topological polar surface area (TPSA) is 40.4 Å². The predicted molar refractivity (Wildman–Crippen MR) is 85.4 cm³/mol. The maximum atomic E-state index is 12.2. The van der Waals surface area contributed by atoms with E-state index in [1.807, 2.05) is 5.51 Å². The average Bonchev–Trinajstić information content (AvgIpc) is 2.88. The van der Waals surface area contributed by atoms with Crippen LogP contribution in [0, 0.1) is 36.5 Å². The van der Waals surface area contributed by atoms with Gasteiger partial charge in [-0.05, 0) is 61.7 Å². The third kappa shape index (κ3) is 2.82. The summed E-state index contributed by atoms with van der Waals surface area (Å²) in [5, 5.41) is 0. The minimum Gasteiger partial charge on any atom is -0.465 e. The van der Waals surface area contributed by atoms with Crippen molar-refractivity contribution in [1.82, 2.24) is 0 Å². The molecule has 120 valence electrons. The molecule has 0 amide bonds. The number of carbonyl (C=O) groups is 1. The number of aromatic amines is 1. The molecule has 0 atom stereocenters. The maximum absolute atomic E-state index is 12.2. The van der Waals surface area contributed by atoms with Crippen molar-refractivity contribution in [3.8, 4) is 0 Å². The first-order valence-corrected chi connectivity index (χ1v) is 9.67. The van der Waals surface area contributed by atoms with Crippen LogP contribution in [0.2, 0.25) is 0 Å². The van der Waals surface area contributed by atoms with Gasteiger partial charge in [0.15, 0.2) is 5.69 Å². The van der Waals surface area contributed by atoms with Gasteiger partial charge < -0.3 is 4.74 Å². The zero-order chi connectivity index (χ0) is 15.1. The van der Waals surface area contributed by atoms with E-state index in [0.717, 1.165) is 30.1 Å². The minimum atomic E-state index is 0.0377. The van der Waals surface area contributed by atoms with E-state index >= 15 is 0 Å². The van der Waals surface area contributed by atoms with E-state index in [1.165, 1.54) is 42.7 Å². The fourth-order valence-corrected chi connectivity index (χ4v) is 6.30. The molecule has 4 bridgehead atoms. The Balaban J connectivity index is 1.27. The standard InChI is InChI=1S/C18H25NO2S/c1-11-17(22-10-19-11)2-3-21-18(20)9-16-14-5-12-4-13(7-14)8-15(16)6-12/h10,12-16H,2-9H2,1H3/p+1. The van der Waals surface area contributed by atoms with Crippen LogP contribution in [0.25, 0.3) is 0 Å². The van der Waals surface area contributed by atoms with Crippen molar-refractivity contribution in [1.29, 1.82) is 0 Å². The summed E-state index contributed by atoms with van der Waals surface area (Å²) in [6, 6.07) is 0. The SMILES string of the molecule is Cc1[nH+]csc1CCOC(=O)CC1C2CC3CC(C2)CC1C3. The highest BCUT2D eigenvalue weighted by Crippen LogP contribution is 2.57. The number of nitrogens with one attached hydrogen (secondary N) is 1. The second-order valence-electron chi connectivity index (χ2n) is 7.70. The molecule has 0 radical (unpaired) electrons. The van der Waals surface area contributed by atoms with E-state index in [-0.39, 0.29) is 5.97 Å². The monoisotopic (exact) mass is 320 g/mol. The molecular formula is C18H26NO2S+. The molecule has 1 aromatic rings. The molecular weight excluding hydrogens is 294 g/mol. The molecule has 0 aromatic carbocycles. The molecule has 4 aliphatic carbocycles. The van der Waals surface area contributed by atoms with Crippen molar-refractivity contribution in [2.45, 2.75) is 51.9 Å². The van der Waals surface area contributed by atoms with Crippen LogP contribution >= 0.6 is 11.3 Å². The predicted octanol–water partition coefficient (Wildman–Crippen LogP) is 3.42. The first-order valence-electron chi connectivity index (χ1n) is 8.79. The number of hydrogen-bond acceptors (Lipinski definition) is 3. The highest BCUT2D eigenvalue weighted by molar-refractivity contribution is 7.09. The van der Waals surface area contributed by atoms with E-state index in [2.05, 4.69) is 11.9 Å². The zero-order valence-electron chi connectivity index (χ0n) is 13.3. The van der Waals surface area contributed by atoms with Gasteiger partial charge in [-0.3, -0.25) is 4.79 Å². The molecule has 0 aliphatic heterocycles. The van der Waals surface area contributed by atoms with Crippen LogP contribution in [0.4, 0.5) is 0 Å². The van der Waals surface area contributed by atoms with Gasteiger partial charge in [0.1, 0.15) is 0 Å². The number of rotatable bonds is 5. The van der Waals surface area contributed by atoms with E-state index in [9.17, 15) is 4.79 Å². The van der Waals surface area contributed by atoms with Gasteiger partial charge in [0.25, 0.3) is 0 Å². The molecule has 4 aliphatic rings. The quantitative estimate of drug-likeness (QED) is 0.780. The maximum Gasteiger partial charge on any atom is 0.306 e. The molecule has 4 saturated carbocycles. The van der Waals surface area contributed by atoms with Crippen molar-refractivity contribution in [2.24, 2.45) is 29.6 Å². The molecule has 22 heavy (non-hydrogen) atoms. The number of aryl methyl sites for hydroxylation is 1. The first-order chi connectivity index (χ1) is 10.7. The summed E-state index contributed by atoms with van der Waals surface area (Å²) in [7, 11) is 0. The summed E-state index contributed by atoms with van der Waals surface area (Å²) in [4.78, 5) is 16.7. The van der Waals surface area contributed by atoms with Gasteiger partial charge in [-0.15, -0.1) is 0 Å². The lowest BCUT2D eigenvalue weighted by molar-refractivity contribution is -0.380. The van der Waals surface area contributed by atoms with Gasteiger partial charge in [0, 0.05) is 19.8 Å². The second kappa shape index (κ2) is 5.95. The fourth-order valence-electron chi connectivity index (χ4n) is 5.48. The number of ether oxygens (including phenoxy) is 1. The lowest BCUT2D eigenvalue weighted by Crippen LogP contribution is -2.45. The Bertz CT molecular complexity index is 525. The lowest BCUT2D eigenvalue weighted by atomic mass is 9.51. The molecule has 4 fully saturated rings. The number of esters is 1. The zero-order valence-corrected chi connectivity index (χ0v) is 14.2. The molecule has 3 nitrogen and oxygen atoms in total. The first kappa shape index (κ1) is 14.7. The summed E-state index contributed by atoms with van der Waals surface area (Å²) in [5.74, 6) is 4.25. The third-order valence-electron chi connectivity index (χ3n) is 6.31. The highest BCUT2D eigenvalue weighted by Gasteiger charge is 2.48. The van der Waals surface area contributed by atoms with Crippen LogP contribution in [-0.2, 0) is 16.0 Å². The van der Waals surface area contributed by atoms with E-state index in [0.29, 0.717) is 18.9 Å². The largest absolute Gasteiger partial charge is 0.465 e. The Morgan fingerprint density at radius 2 is 1.91 bits per heavy atom. The molecule has 0 spiro atoms. The molecule has 1 N–H and O–H groups in total. The Morgan fingerprint density at radius 3 is 2.50 bits per heavy atom. The lowest BCUT2D eigenvalue weighted by Gasteiger charge is -2.54.